The first-order valence-corrected chi connectivity index (χ1v) is 12.1. The molecule has 1 saturated heterocycles. The van der Waals surface area contributed by atoms with Crippen LogP contribution in [0.5, 0.6) is 0 Å². The quantitative estimate of drug-likeness (QED) is 0.421. The molecule has 31 heavy (non-hydrogen) atoms. The second-order valence-electron chi connectivity index (χ2n) is 8.90. The lowest BCUT2D eigenvalue weighted by molar-refractivity contribution is -0.113. The number of amides is 1. The summed E-state index contributed by atoms with van der Waals surface area (Å²) in [6.45, 7) is 2.44. The number of nitrogens with zero attached hydrogens (tertiary/aromatic N) is 2. The molecule has 1 amide bonds. The van der Waals surface area contributed by atoms with Gasteiger partial charge in [-0.2, -0.15) is 4.99 Å². The number of allylic oxidation sites excluding steroid dienone is 1. The van der Waals surface area contributed by atoms with Gasteiger partial charge in [0.15, 0.2) is 5.17 Å². The van der Waals surface area contributed by atoms with Crippen molar-refractivity contribution in [3.63, 3.8) is 0 Å². The van der Waals surface area contributed by atoms with Gasteiger partial charge in [0, 0.05) is 13.1 Å². The fourth-order valence-electron chi connectivity index (χ4n) is 5.50. The minimum atomic E-state index is -0.164. The van der Waals surface area contributed by atoms with Gasteiger partial charge in [0.05, 0.1) is 17.1 Å². The van der Waals surface area contributed by atoms with E-state index in [1.165, 1.54) is 34.2 Å². The van der Waals surface area contributed by atoms with E-state index in [4.69, 9.17) is 4.74 Å². The average molecular weight is 431 g/mol. The molecule has 0 bridgehead atoms. The number of benzene rings is 2. The number of carbonyl (C=O) groups is 1. The fraction of sp³-hybridized carbons (Fsp3) is 0.385. The summed E-state index contributed by atoms with van der Waals surface area (Å²) in [5.74, 6) is -0.0607. The van der Waals surface area contributed by atoms with Crippen molar-refractivity contribution in [2.75, 3.05) is 13.1 Å². The minimum Gasteiger partial charge on any atom is -0.365 e. The van der Waals surface area contributed by atoms with Crippen molar-refractivity contribution >= 4 is 28.4 Å². The molecule has 1 spiro atoms. The van der Waals surface area contributed by atoms with Crippen LogP contribution in [-0.4, -0.2) is 29.1 Å². The number of aryl methyl sites for hydroxylation is 1. The molecule has 2 aromatic rings. The summed E-state index contributed by atoms with van der Waals surface area (Å²) in [6, 6.07) is 17.2. The minimum absolute atomic E-state index is 0.0607. The van der Waals surface area contributed by atoms with E-state index in [1.54, 1.807) is 11.8 Å². The smallest absolute Gasteiger partial charge is 0.286 e. The summed E-state index contributed by atoms with van der Waals surface area (Å²) in [5.41, 5.74) is 6.32. The second kappa shape index (κ2) is 7.64. The number of thioether (sulfide) groups is 1. The van der Waals surface area contributed by atoms with Crippen LogP contribution < -0.4 is 0 Å². The molecule has 0 radical (unpaired) electrons. The van der Waals surface area contributed by atoms with Crippen LogP contribution in [0.1, 0.15) is 54.4 Å². The van der Waals surface area contributed by atoms with Gasteiger partial charge in [0.2, 0.25) is 0 Å². The molecule has 4 aliphatic rings. The molecule has 2 aromatic carbocycles. The number of hydrogen-bond donors (Lipinski definition) is 0. The Morgan fingerprint density at radius 2 is 1.68 bits per heavy atom. The monoisotopic (exact) mass is 430 g/mol. The summed E-state index contributed by atoms with van der Waals surface area (Å²) in [4.78, 5) is 20.6. The van der Waals surface area contributed by atoms with Crippen LogP contribution in [0.25, 0.3) is 5.57 Å². The number of rotatable bonds is 0. The van der Waals surface area contributed by atoms with E-state index >= 15 is 0 Å². The molecule has 6 rings (SSSR count). The zero-order chi connectivity index (χ0) is 20.8. The summed E-state index contributed by atoms with van der Waals surface area (Å²) in [6.07, 6.45) is 6.23. The number of fused-ring (bicyclic) bond motifs is 3. The van der Waals surface area contributed by atoms with Gasteiger partial charge >= 0.3 is 0 Å². The number of carbonyl (C=O) groups excluding carboxylic acids is 1. The van der Waals surface area contributed by atoms with Crippen molar-refractivity contribution < 1.29 is 9.53 Å². The van der Waals surface area contributed by atoms with Gasteiger partial charge in [0.1, 0.15) is 0 Å². The molecule has 5 heteroatoms. The number of hydrogen-bond acceptors (Lipinski definition) is 4. The third kappa shape index (κ3) is 3.26. The Morgan fingerprint density at radius 1 is 0.935 bits per heavy atom. The first kappa shape index (κ1) is 19.3. The third-order valence-corrected chi connectivity index (χ3v) is 8.34. The number of piperidine rings is 1. The van der Waals surface area contributed by atoms with E-state index in [-0.39, 0.29) is 11.5 Å². The van der Waals surface area contributed by atoms with Crippen LogP contribution in [0.2, 0.25) is 0 Å². The topological polar surface area (TPSA) is 41.9 Å². The van der Waals surface area contributed by atoms with Crippen LogP contribution in [0, 0.1) is 0 Å². The predicted octanol–water partition coefficient (Wildman–Crippen LogP) is 5.28. The van der Waals surface area contributed by atoms with Gasteiger partial charge < -0.3 is 9.64 Å². The molecular formula is C26H26N2O2S. The highest BCUT2D eigenvalue weighted by Gasteiger charge is 2.43. The Morgan fingerprint density at radius 3 is 2.55 bits per heavy atom. The van der Waals surface area contributed by atoms with Gasteiger partial charge in [-0.15, -0.1) is 0 Å². The number of amidine groups is 1. The standard InChI is InChI=1S/C26H26N2O2S/c29-24-23(21-11-5-2-8-18-7-1-4-10-20(18)21)31-25(27-24)28-15-13-26(14-16-28)22-12-6-3-9-19(22)17-30-26/h1,3-4,6-7,9-10,12H,2,5,8,11,13-17H2/b23-21-. The van der Waals surface area contributed by atoms with Crippen LogP contribution >= 0.6 is 11.8 Å². The third-order valence-electron chi connectivity index (χ3n) is 7.18. The maximum Gasteiger partial charge on any atom is 0.286 e. The van der Waals surface area contributed by atoms with E-state index in [2.05, 4.69) is 58.4 Å². The first-order valence-electron chi connectivity index (χ1n) is 11.3. The van der Waals surface area contributed by atoms with Crippen LogP contribution in [0.4, 0.5) is 0 Å². The van der Waals surface area contributed by atoms with Gasteiger partial charge in [-0.3, -0.25) is 4.79 Å². The maximum absolute atomic E-state index is 12.9. The highest BCUT2D eigenvalue weighted by molar-refractivity contribution is 8.18. The summed E-state index contributed by atoms with van der Waals surface area (Å²) < 4.78 is 6.30. The molecule has 0 saturated carbocycles. The molecule has 0 atom stereocenters. The molecule has 0 unspecified atom stereocenters. The first-order chi connectivity index (χ1) is 15.2. The van der Waals surface area contributed by atoms with Crippen LogP contribution in [0.15, 0.2) is 58.4 Å². The Balaban J connectivity index is 1.23. The Hall–Kier alpha value is -2.37. The fourth-order valence-corrected chi connectivity index (χ4v) is 6.59. The lowest BCUT2D eigenvalue weighted by Crippen LogP contribution is -2.44. The molecule has 158 valence electrons. The average Bonchev–Trinajstić information content (AvgIpc) is 3.28. The summed E-state index contributed by atoms with van der Waals surface area (Å²) >= 11 is 1.59. The molecule has 0 aromatic heterocycles. The van der Waals surface area contributed by atoms with E-state index in [9.17, 15) is 4.79 Å². The van der Waals surface area contributed by atoms with Gasteiger partial charge in [0.25, 0.3) is 5.91 Å². The number of aliphatic imine (C=N–C) groups is 1. The van der Waals surface area contributed by atoms with Crippen molar-refractivity contribution in [1.82, 2.24) is 4.90 Å². The zero-order valence-electron chi connectivity index (χ0n) is 17.6. The van der Waals surface area contributed by atoms with Crippen LogP contribution in [0.3, 0.4) is 0 Å². The van der Waals surface area contributed by atoms with E-state index in [0.717, 1.165) is 55.3 Å². The van der Waals surface area contributed by atoms with Crippen molar-refractivity contribution in [3.05, 3.63) is 75.7 Å². The molecule has 4 nitrogen and oxygen atoms in total. The summed E-state index contributed by atoms with van der Waals surface area (Å²) in [5, 5.41) is 0.871. The zero-order valence-corrected chi connectivity index (χ0v) is 18.4. The maximum atomic E-state index is 12.9. The van der Waals surface area contributed by atoms with Gasteiger partial charge in [-0.25, -0.2) is 0 Å². The van der Waals surface area contributed by atoms with Crippen molar-refractivity contribution in [3.8, 4) is 0 Å². The Bertz CT molecular complexity index is 1110. The van der Waals surface area contributed by atoms with Crippen molar-refractivity contribution in [2.24, 2.45) is 4.99 Å². The lowest BCUT2D eigenvalue weighted by Gasteiger charge is -2.39. The summed E-state index contributed by atoms with van der Waals surface area (Å²) in [7, 11) is 0. The van der Waals surface area contributed by atoms with Gasteiger partial charge in [-0.05, 0) is 78.1 Å². The van der Waals surface area contributed by atoms with Crippen LogP contribution in [-0.2, 0) is 28.2 Å². The Labute approximate surface area is 187 Å². The van der Waals surface area contributed by atoms with Gasteiger partial charge in [-0.1, -0.05) is 48.5 Å². The molecule has 3 heterocycles. The Kier molecular flexibility index (Phi) is 4.77. The molecule has 3 aliphatic heterocycles. The van der Waals surface area contributed by atoms with Crippen molar-refractivity contribution in [1.29, 1.82) is 0 Å². The highest BCUT2D eigenvalue weighted by atomic mass is 32.2. The highest BCUT2D eigenvalue weighted by Crippen LogP contribution is 2.46. The normalized spacial score (nSPS) is 24.7. The van der Waals surface area contributed by atoms with Crippen molar-refractivity contribution in [2.45, 2.75) is 50.7 Å². The van der Waals surface area contributed by atoms with E-state index < -0.39 is 0 Å². The largest absolute Gasteiger partial charge is 0.365 e. The lowest BCUT2D eigenvalue weighted by atomic mass is 9.84. The predicted molar refractivity (Wildman–Crippen MR) is 125 cm³/mol. The molecular weight excluding hydrogens is 404 g/mol. The number of likely N-dealkylation sites (tertiary alicyclic amines) is 1. The molecule has 1 fully saturated rings. The second-order valence-corrected chi connectivity index (χ2v) is 9.88. The SMILES string of the molecule is O=C1N=C(N2CCC3(CC2)OCc2ccccc23)S/C1=C1/CCCCc2ccccc21. The van der Waals surface area contributed by atoms with E-state index in [0.29, 0.717) is 6.61 Å². The molecule has 1 aliphatic carbocycles. The number of ether oxygens (including phenoxy) is 1. The molecule has 0 N–H and O–H groups in total. The van der Waals surface area contributed by atoms with E-state index in [1.807, 2.05) is 0 Å².